The Labute approximate surface area is 110 Å². The lowest BCUT2D eigenvalue weighted by atomic mass is 9.86. The second kappa shape index (κ2) is 9.94. The Kier molecular flexibility index (Phi) is 9.91. The van der Waals surface area contributed by atoms with E-state index in [0.29, 0.717) is 5.54 Å². The van der Waals surface area contributed by atoms with Gasteiger partial charge in [0.15, 0.2) is 0 Å². The van der Waals surface area contributed by atoms with Crippen LogP contribution in [0.3, 0.4) is 0 Å². The molecule has 0 aromatic carbocycles. The molecule has 0 aliphatic heterocycles. The van der Waals surface area contributed by atoms with E-state index >= 15 is 0 Å². The molecule has 1 unspecified atom stereocenters. The van der Waals surface area contributed by atoms with Crippen LogP contribution in [0.25, 0.3) is 0 Å². The Bertz CT molecular complexity index is 163. The second-order valence-corrected chi connectivity index (χ2v) is 5.58. The van der Waals surface area contributed by atoms with Crippen molar-refractivity contribution in [1.29, 1.82) is 0 Å². The first-order valence-electron chi connectivity index (χ1n) is 7.89. The van der Waals surface area contributed by atoms with Crippen molar-refractivity contribution in [3.63, 3.8) is 0 Å². The maximum atomic E-state index is 2.68. The zero-order chi connectivity index (χ0) is 13.1. The van der Waals surface area contributed by atoms with Gasteiger partial charge in [-0.3, -0.25) is 4.90 Å². The Morgan fingerprint density at radius 1 is 0.706 bits per heavy atom. The lowest BCUT2D eigenvalue weighted by Crippen LogP contribution is -2.46. The van der Waals surface area contributed by atoms with Crippen molar-refractivity contribution in [1.82, 2.24) is 4.90 Å². The van der Waals surface area contributed by atoms with E-state index in [0.717, 1.165) is 0 Å². The molecule has 0 bridgehead atoms. The van der Waals surface area contributed by atoms with Crippen LogP contribution in [0, 0.1) is 0 Å². The van der Waals surface area contributed by atoms with Crippen molar-refractivity contribution in [3.8, 4) is 0 Å². The molecule has 1 atom stereocenters. The molecule has 0 rings (SSSR count). The van der Waals surface area contributed by atoms with Crippen molar-refractivity contribution < 1.29 is 0 Å². The normalized spacial score (nSPS) is 15.2. The van der Waals surface area contributed by atoms with Gasteiger partial charge >= 0.3 is 0 Å². The van der Waals surface area contributed by atoms with Gasteiger partial charge in [-0.15, -0.1) is 0 Å². The van der Waals surface area contributed by atoms with Crippen LogP contribution in [0.1, 0.15) is 86.0 Å². The van der Waals surface area contributed by atoms with Crippen LogP contribution in [0.2, 0.25) is 0 Å². The topological polar surface area (TPSA) is 3.24 Å². The number of unbranched alkanes of at least 4 members (excludes halogenated alkanes) is 4. The Morgan fingerprint density at radius 3 is 1.71 bits per heavy atom. The third-order valence-corrected chi connectivity index (χ3v) is 4.16. The number of hydrogen-bond acceptors (Lipinski definition) is 1. The average Bonchev–Trinajstić information content (AvgIpc) is 2.34. The molecule has 0 fully saturated rings. The molecule has 1 heteroatoms. The van der Waals surface area contributed by atoms with Crippen LogP contribution in [0.4, 0.5) is 0 Å². The summed E-state index contributed by atoms with van der Waals surface area (Å²) in [7, 11) is 0. The summed E-state index contributed by atoms with van der Waals surface area (Å²) in [6.45, 7) is 14.1. The monoisotopic (exact) mass is 241 g/mol. The van der Waals surface area contributed by atoms with Gasteiger partial charge in [0, 0.05) is 5.54 Å². The number of rotatable bonds is 11. The molecule has 0 saturated heterocycles. The molecule has 0 spiro atoms. The van der Waals surface area contributed by atoms with E-state index in [1.54, 1.807) is 0 Å². The molecule has 0 aromatic rings. The standard InChI is InChI=1S/C16H35N/c1-6-10-12-13-15-16(5,14-11-7-2)17(8-3)9-4/h6-15H2,1-5H3. The molecule has 0 amide bonds. The zero-order valence-corrected chi connectivity index (χ0v) is 13.0. The van der Waals surface area contributed by atoms with Gasteiger partial charge in [-0.2, -0.15) is 0 Å². The summed E-state index contributed by atoms with van der Waals surface area (Å²) in [6.07, 6.45) is 11.0. The Balaban J connectivity index is 4.26. The summed E-state index contributed by atoms with van der Waals surface area (Å²) in [4.78, 5) is 2.68. The summed E-state index contributed by atoms with van der Waals surface area (Å²) >= 11 is 0. The van der Waals surface area contributed by atoms with E-state index in [-0.39, 0.29) is 0 Å². The smallest absolute Gasteiger partial charge is 0.0181 e. The van der Waals surface area contributed by atoms with Crippen molar-refractivity contribution in [2.24, 2.45) is 0 Å². The molecule has 0 heterocycles. The average molecular weight is 241 g/mol. The van der Waals surface area contributed by atoms with E-state index in [2.05, 4.69) is 39.5 Å². The van der Waals surface area contributed by atoms with Crippen molar-refractivity contribution in [3.05, 3.63) is 0 Å². The molecule has 0 aliphatic rings. The van der Waals surface area contributed by atoms with E-state index in [1.807, 2.05) is 0 Å². The third-order valence-electron chi connectivity index (χ3n) is 4.16. The predicted molar refractivity (Wildman–Crippen MR) is 79.6 cm³/mol. The van der Waals surface area contributed by atoms with Gasteiger partial charge in [-0.05, 0) is 32.9 Å². The highest BCUT2D eigenvalue weighted by Crippen LogP contribution is 2.28. The van der Waals surface area contributed by atoms with Gasteiger partial charge in [0.05, 0.1) is 0 Å². The fraction of sp³-hybridized carbons (Fsp3) is 1.00. The Morgan fingerprint density at radius 2 is 1.24 bits per heavy atom. The highest BCUT2D eigenvalue weighted by Gasteiger charge is 2.28. The van der Waals surface area contributed by atoms with Crippen LogP contribution >= 0.6 is 0 Å². The predicted octanol–water partition coefficient (Wildman–Crippen LogP) is 5.25. The van der Waals surface area contributed by atoms with Gasteiger partial charge in [-0.1, -0.05) is 66.2 Å². The fourth-order valence-corrected chi connectivity index (χ4v) is 2.92. The molecular weight excluding hydrogens is 206 g/mol. The molecule has 1 nitrogen and oxygen atoms in total. The minimum absolute atomic E-state index is 0.452. The van der Waals surface area contributed by atoms with Crippen molar-refractivity contribution in [2.75, 3.05) is 13.1 Å². The second-order valence-electron chi connectivity index (χ2n) is 5.58. The molecule has 17 heavy (non-hydrogen) atoms. The van der Waals surface area contributed by atoms with E-state index in [4.69, 9.17) is 0 Å². The van der Waals surface area contributed by atoms with Crippen LogP contribution in [-0.4, -0.2) is 23.5 Å². The highest BCUT2D eigenvalue weighted by atomic mass is 15.2. The lowest BCUT2D eigenvalue weighted by Gasteiger charge is -2.41. The largest absolute Gasteiger partial charge is 0.298 e. The molecule has 0 saturated carbocycles. The van der Waals surface area contributed by atoms with Crippen LogP contribution in [0.15, 0.2) is 0 Å². The first-order chi connectivity index (χ1) is 8.14. The summed E-state index contributed by atoms with van der Waals surface area (Å²) in [5.74, 6) is 0. The fourth-order valence-electron chi connectivity index (χ4n) is 2.92. The lowest BCUT2D eigenvalue weighted by molar-refractivity contribution is 0.0921. The van der Waals surface area contributed by atoms with Gasteiger partial charge in [-0.25, -0.2) is 0 Å². The highest BCUT2D eigenvalue weighted by molar-refractivity contribution is 4.85. The summed E-state index contributed by atoms with van der Waals surface area (Å²) in [5, 5.41) is 0. The van der Waals surface area contributed by atoms with Gasteiger partial charge in [0.1, 0.15) is 0 Å². The first kappa shape index (κ1) is 17.0. The van der Waals surface area contributed by atoms with Crippen LogP contribution < -0.4 is 0 Å². The minimum Gasteiger partial charge on any atom is -0.298 e. The summed E-state index contributed by atoms with van der Waals surface area (Å²) < 4.78 is 0. The molecular formula is C16H35N. The van der Waals surface area contributed by atoms with Gasteiger partial charge in [0.2, 0.25) is 0 Å². The molecule has 0 N–H and O–H groups in total. The quantitative estimate of drug-likeness (QED) is 0.447. The SMILES string of the molecule is CCCCCCC(C)(CCCC)N(CC)CC. The number of nitrogens with zero attached hydrogens (tertiary/aromatic N) is 1. The third kappa shape index (κ3) is 6.45. The molecule has 0 aromatic heterocycles. The maximum absolute atomic E-state index is 2.68. The molecule has 0 aliphatic carbocycles. The molecule has 0 radical (unpaired) electrons. The van der Waals surface area contributed by atoms with Crippen LogP contribution in [-0.2, 0) is 0 Å². The van der Waals surface area contributed by atoms with Crippen LogP contribution in [0.5, 0.6) is 0 Å². The summed E-state index contributed by atoms with van der Waals surface area (Å²) in [6, 6.07) is 0. The Hall–Kier alpha value is -0.0400. The molecule has 104 valence electrons. The van der Waals surface area contributed by atoms with E-state index in [1.165, 1.54) is 64.5 Å². The minimum atomic E-state index is 0.452. The number of hydrogen-bond donors (Lipinski definition) is 0. The van der Waals surface area contributed by atoms with Crippen molar-refractivity contribution >= 4 is 0 Å². The first-order valence-corrected chi connectivity index (χ1v) is 7.89. The van der Waals surface area contributed by atoms with Gasteiger partial charge in [0.25, 0.3) is 0 Å². The van der Waals surface area contributed by atoms with E-state index in [9.17, 15) is 0 Å². The summed E-state index contributed by atoms with van der Waals surface area (Å²) in [5.41, 5.74) is 0.452. The maximum Gasteiger partial charge on any atom is 0.0181 e. The van der Waals surface area contributed by atoms with E-state index < -0.39 is 0 Å². The van der Waals surface area contributed by atoms with Gasteiger partial charge < -0.3 is 0 Å². The van der Waals surface area contributed by atoms with Crippen molar-refractivity contribution in [2.45, 2.75) is 91.5 Å². The zero-order valence-electron chi connectivity index (χ0n) is 13.0.